The second-order valence-corrected chi connectivity index (χ2v) is 7.75. The predicted octanol–water partition coefficient (Wildman–Crippen LogP) is 4.45. The van der Waals surface area contributed by atoms with Crippen LogP contribution >= 0.6 is 0 Å². The fourth-order valence-corrected chi connectivity index (χ4v) is 3.33. The van der Waals surface area contributed by atoms with Crippen LogP contribution in [0.3, 0.4) is 0 Å². The Hall–Kier alpha value is -3.76. The van der Waals surface area contributed by atoms with Crippen LogP contribution in [0.15, 0.2) is 54.7 Å². The standard InChI is InChI=1S/C26H26FN3O3/c1-4-32-25-14-24-23(13-19(25)12-22(31)9-6-10-30(2)3)26(20(15-28)16-29-24)33-17-18-7-5-8-21(27)11-18/h5-9,11,13-14,16H,4,10,12,17H2,1-3H3/b9-6+. The van der Waals surface area contributed by atoms with Crippen LogP contribution in [0.25, 0.3) is 10.9 Å². The third-order valence-corrected chi connectivity index (χ3v) is 4.83. The number of aromatic nitrogens is 1. The molecule has 3 aromatic rings. The highest BCUT2D eigenvalue weighted by atomic mass is 19.1. The minimum absolute atomic E-state index is 0.0659. The first-order chi connectivity index (χ1) is 15.9. The first kappa shape index (κ1) is 23.9. The summed E-state index contributed by atoms with van der Waals surface area (Å²) in [5.74, 6) is 0.476. The molecule has 0 spiro atoms. The summed E-state index contributed by atoms with van der Waals surface area (Å²) >= 11 is 0. The monoisotopic (exact) mass is 447 g/mol. The summed E-state index contributed by atoms with van der Waals surface area (Å²) in [6.45, 7) is 3.05. The molecule has 0 aliphatic rings. The second kappa shape index (κ2) is 11.2. The van der Waals surface area contributed by atoms with Crippen molar-refractivity contribution in [3.05, 3.63) is 77.3 Å². The van der Waals surface area contributed by atoms with Gasteiger partial charge in [0.05, 0.1) is 12.1 Å². The van der Waals surface area contributed by atoms with Crippen molar-refractivity contribution in [1.82, 2.24) is 9.88 Å². The number of pyridine rings is 1. The molecular formula is C26H26FN3O3. The molecule has 0 aliphatic heterocycles. The molecular weight excluding hydrogens is 421 g/mol. The Morgan fingerprint density at radius 3 is 2.76 bits per heavy atom. The lowest BCUT2D eigenvalue weighted by atomic mass is 10.0. The maximum atomic E-state index is 13.5. The van der Waals surface area contributed by atoms with Crippen molar-refractivity contribution >= 4 is 16.7 Å². The van der Waals surface area contributed by atoms with Gasteiger partial charge in [0.1, 0.15) is 35.6 Å². The number of halogens is 1. The number of benzene rings is 2. The molecule has 0 N–H and O–H groups in total. The lowest BCUT2D eigenvalue weighted by molar-refractivity contribution is -0.114. The van der Waals surface area contributed by atoms with Gasteiger partial charge in [-0.25, -0.2) is 4.39 Å². The number of hydrogen-bond acceptors (Lipinski definition) is 6. The van der Waals surface area contributed by atoms with E-state index in [0.717, 1.165) is 0 Å². The molecule has 0 amide bonds. The Labute approximate surface area is 192 Å². The number of fused-ring (bicyclic) bond motifs is 1. The number of hydrogen-bond donors (Lipinski definition) is 0. The summed E-state index contributed by atoms with van der Waals surface area (Å²) < 4.78 is 25.3. The number of ketones is 1. The minimum atomic E-state index is -0.360. The largest absolute Gasteiger partial charge is 0.494 e. The number of nitriles is 1. The molecule has 6 nitrogen and oxygen atoms in total. The summed E-state index contributed by atoms with van der Waals surface area (Å²) in [7, 11) is 3.85. The maximum absolute atomic E-state index is 13.5. The van der Waals surface area contributed by atoms with Crippen LogP contribution in [0.5, 0.6) is 11.5 Å². The molecule has 1 heterocycles. The number of likely N-dealkylation sites (N-methyl/N-ethyl adjacent to an activating group) is 1. The van der Waals surface area contributed by atoms with Gasteiger partial charge in [-0.2, -0.15) is 5.26 Å². The molecule has 0 radical (unpaired) electrons. The van der Waals surface area contributed by atoms with Gasteiger partial charge >= 0.3 is 0 Å². The molecule has 33 heavy (non-hydrogen) atoms. The zero-order valence-electron chi connectivity index (χ0n) is 19.0. The molecule has 2 aromatic carbocycles. The van der Waals surface area contributed by atoms with Gasteiger partial charge in [-0.05, 0) is 50.9 Å². The number of ether oxygens (including phenoxy) is 2. The summed E-state index contributed by atoms with van der Waals surface area (Å²) in [5.41, 5.74) is 2.14. The van der Waals surface area contributed by atoms with Crippen LogP contribution in [0.2, 0.25) is 0 Å². The van der Waals surface area contributed by atoms with Gasteiger partial charge in [0, 0.05) is 36.2 Å². The van der Waals surface area contributed by atoms with E-state index in [4.69, 9.17) is 9.47 Å². The van der Waals surface area contributed by atoms with E-state index >= 15 is 0 Å². The van der Waals surface area contributed by atoms with E-state index < -0.39 is 0 Å². The van der Waals surface area contributed by atoms with Crippen LogP contribution < -0.4 is 9.47 Å². The smallest absolute Gasteiger partial charge is 0.159 e. The quantitative estimate of drug-likeness (QED) is 0.428. The topological polar surface area (TPSA) is 75.5 Å². The third kappa shape index (κ3) is 6.37. The molecule has 0 saturated heterocycles. The van der Waals surface area contributed by atoms with Crippen LogP contribution in [0.4, 0.5) is 4.39 Å². The molecule has 7 heteroatoms. The van der Waals surface area contributed by atoms with Crippen molar-refractivity contribution in [2.75, 3.05) is 27.2 Å². The number of rotatable bonds is 10. The summed E-state index contributed by atoms with van der Waals surface area (Å²) in [6, 6.07) is 11.7. The van der Waals surface area contributed by atoms with Crippen LogP contribution in [0, 0.1) is 17.1 Å². The molecule has 170 valence electrons. The Morgan fingerprint density at radius 2 is 2.06 bits per heavy atom. The van der Waals surface area contributed by atoms with E-state index in [1.165, 1.54) is 18.3 Å². The van der Waals surface area contributed by atoms with Crippen LogP contribution in [-0.4, -0.2) is 42.9 Å². The van der Waals surface area contributed by atoms with E-state index in [-0.39, 0.29) is 30.2 Å². The van der Waals surface area contributed by atoms with Crippen molar-refractivity contribution in [3.63, 3.8) is 0 Å². The van der Waals surface area contributed by atoms with Gasteiger partial charge in [0.25, 0.3) is 0 Å². The van der Waals surface area contributed by atoms with Crippen molar-refractivity contribution in [2.45, 2.75) is 20.0 Å². The van der Waals surface area contributed by atoms with Gasteiger partial charge in [0.15, 0.2) is 5.78 Å². The lowest BCUT2D eigenvalue weighted by Crippen LogP contribution is -2.11. The van der Waals surface area contributed by atoms with E-state index in [1.807, 2.05) is 32.0 Å². The van der Waals surface area contributed by atoms with Crippen molar-refractivity contribution < 1.29 is 18.7 Å². The van der Waals surface area contributed by atoms with E-state index in [1.54, 1.807) is 30.3 Å². The van der Waals surface area contributed by atoms with E-state index in [9.17, 15) is 14.4 Å². The third-order valence-electron chi connectivity index (χ3n) is 4.83. The Morgan fingerprint density at radius 1 is 1.24 bits per heavy atom. The first-order valence-corrected chi connectivity index (χ1v) is 10.6. The van der Waals surface area contributed by atoms with Crippen molar-refractivity contribution in [2.24, 2.45) is 0 Å². The molecule has 1 aromatic heterocycles. The Bertz CT molecular complexity index is 1220. The minimum Gasteiger partial charge on any atom is -0.494 e. The normalized spacial score (nSPS) is 11.2. The first-order valence-electron chi connectivity index (χ1n) is 10.6. The number of nitrogens with zero attached hydrogens (tertiary/aromatic N) is 3. The Kier molecular flexibility index (Phi) is 8.11. The number of allylic oxidation sites excluding steroid dienone is 1. The highest BCUT2D eigenvalue weighted by molar-refractivity contribution is 5.94. The van der Waals surface area contributed by atoms with Gasteiger partial charge in [0.2, 0.25) is 0 Å². The lowest BCUT2D eigenvalue weighted by Gasteiger charge is -2.15. The average Bonchev–Trinajstić information content (AvgIpc) is 2.77. The molecule has 0 fully saturated rings. The zero-order chi connectivity index (χ0) is 23.8. The molecule has 0 saturated carbocycles. The van der Waals surface area contributed by atoms with Crippen molar-refractivity contribution in [1.29, 1.82) is 5.26 Å². The SMILES string of the molecule is CCOc1cc2ncc(C#N)c(OCc3cccc(F)c3)c2cc1CC(=O)/C=C/CN(C)C. The summed E-state index contributed by atoms with van der Waals surface area (Å²) in [4.78, 5) is 18.9. The molecule has 0 aliphatic carbocycles. The summed E-state index contributed by atoms with van der Waals surface area (Å²) in [5, 5.41) is 10.2. The Balaban J connectivity index is 1.99. The summed E-state index contributed by atoms with van der Waals surface area (Å²) in [6.07, 6.45) is 4.95. The molecule has 0 atom stereocenters. The predicted molar refractivity (Wildman–Crippen MR) is 125 cm³/mol. The van der Waals surface area contributed by atoms with Crippen molar-refractivity contribution in [3.8, 4) is 17.6 Å². The maximum Gasteiger partial charge on any atom is 0.159 e. The molecule has 0 unspecified atom stereocenters. The average molecular weight is 448 g/mol. The van der Waals surface area contributed by atoms with Gasteiger partial charge in [-0.1, -0.05) is 18.2 Å². The van der Waals surface area contributed by atoms with Gasteiger partial charge in [-0.15, -0.1) is 0 Å². The highest BCUT2D eigenvalue weighted by Gasteiger charge is 2.16. The number of carbonyl (C=O) groups is 1. The van der Waals surface area contributed by atoms with E-state index in [0.29, 0.717) is 46.7 Å². The molecule has 3 rings (SSSR count). The van der Waals surface area contributed by atoms with E-state index in [2.05, 4.69) is 11.1 Å². The van der Waals surface area contributed by atoms with Crippen LogP contribution in [-0.2, 0) is 17.8 Å². The second-order valence-electron chi connectivity index (χ2n) is 7.75. The highest BCUT2D eigenvalue weighted by Crippen LogP contribution is 2.34. The van der Waals surface area contributed by atoms with Gasteiger partial charge < -0.3 is 14.4 Å². The molecule has 0 bridgehead atoms. The fourth-order valence-electron chi connectivity index (χ4n) is 3.33. The number of carbonyl (C=O) groups excluding carboxylic acids is 1. The fraction of sp³-hybridized carbons (Fsp3) is 0.269. The zero-order valence-corrected chi connectivity index (χ0v) is 19.0. The van der Waals surface area contributed by atoms with Crippen LogP contribution in [0.1, 0.15) is 23.6 Å². The van der Waals surface area contributed by atoms with Gasteiger partial charge in [-0.3, -0.25) is 9.78 Å².